The van der Waals surface area contributed by atoms with E-state index in [0.29, 0.717) is 10.6 Å². The monoisotopic (exact) mass is 260 g/mol. The van der Waals surface area contributed by atoms with Gasteiger partial charge < -0.3 is 5.11 Å². The second-order valence-electron chi connectivity index (χ2n) is 4.05. The van der Waals surface area contributed by atoms with Gasteiger partial charge in [-0.3, -0.25) is 0 Å². The van der Waals surface area contributed by atoms with Crippen LogP contribution in [0.1, 0.15) is 22.8 Å². The fourth-order valence-electron chi connectivity index (χ4n) is 1.87. The summed E-state index contributed by atoms with van der Waals surface area (Å²) in [7, 11) is 0. The summed E-state index contributed by atoms with van der Waals surface area (Å²) in [6.07, 6.45) is 0.821. The zero-order valence-electron chi connectivity index (χ0n) is 9.98. The summed E-state index contributed by atoms with van der Waals surface area (Å²) in [5, 5.41) is 9.92. The number of hydrogen-bond acceptors (Lipinski definition) is 1. The molecule has 2 nitrogen and oxygen atoms in total. The Kier molecular flexibility index (Phi) is 3.68. The lowest BCUT2D eigenvalue weighted by molar-refractivity contribution is 0.0697. The van der Waals surface area contributed by atoms with Crippen LogP contribution in [-0.2, 0) is 6.42 Å². The lowest BCUT2D eigenvalue weighted by Gasteiger charge is -2.08. The van der Waals surface area contributed by atoms with Gasteiger partial charge in [-0.2, -0.15) is 0 Å². The molecule has 1 N–H and O–H groups in total. The van der Waals surface area contributed by atoms with Gasteiger partial charge in [0, 0.05) is 5.02 Å². The van der Waals surface area contributed by atoms with Gasteiger partial charge in [-0.1, -0.05) is 42.8 Å². The second kappa shape index (κ2) is 5.23. The summed E-state index contributed by atoms with van der Waals surface area (Å²) >= 11 is 5.83. The molecule has 0 amide bonds. The fourth-order valence-corrected chi connectivity index (χ4v) is 2.00. The highest BCUT2D eigenvalue weighted by atomic mass is 35.5. The molecule has 0 aromatic heterocycles. The van der Waals surface area contributed by atoms with Crippen molar-refractivity contribution < 1.29 is 9.90 Å². The molecular formula is C15H13ClO2. The summed E-state index contributed by atoms with van der Waals surface area (Å²) in [5.41, 5.74) is 2.93. The van der Waals surface area contributed by atoms with E-state index < -0.39 is 5.97 Å². The van der Waals surface area contributed by atoms with Gasteiger partial charge in [0.2, 0.25) is 0 Å². The van der Waals surface area contributed by atoms with Crippen molar-refractivity contribution in [3.63, 3.8) is 0 Å². The van der Waals surface area contributed by atoms with Crippen molar-refractivity contribution in [1.29, 1.82) is 0 Å². The number of carboxylic acids is 1. The summed E-state index contributed by atoms with van der Waals surface area (Å²) in [6, 6.07) is 12.7. The van der Waals surface area contributed by atoms with Crippen LogP contribution >= 0.6 is 11.6 Å². The van der Waals surface area contributed by atoms with Crippen LogP contribution in [0, 0.1) is 0 Å². The van der Waals surface area contributed by atoms with Gasteiger partial charge in [0.15, 0.2) is 0 Å². The molecule has 2 aromatic rings. The maximum absolute atomic E-state index is 11.3. The van der Waals surface area contributed by atoms with Crippen molar-refractivity contribution in [2.45, 2.75) is 13.3 Å². The Balaban J connectivity index is 2.56. The molecule has 0 aliphatic rings. The van der Waals surface area contributed by atoms with E-state index in [1.54, 1.807) is 18.2 Å². The molecule has 0 unspecified atom stereocenters. The molecule has 3 heteroatoms. The number of hydrogen-bond donors (Lipinski definition) is 1. The van der Waals surface area contributed by atoms with Crippen LogP contribution in [0.4, 0.5) is 0 Å². The predicted octanol–water partition coefficient (Wildman–Crippen LogP) is 4.27. The molecule has 0 spiro atoms. The Labute approximate surface area is 111 Å². The van der Waals surface area contributed by atoms with Gasteiger partial charge in [-0.15, -0.1) is 0 Å². The van der Waals surface area contributed by atoms with Gasteiger partial charge in [0.1, 0.15) is 0 Å². The summed E-state index contributed by atoms with van der Waals surface area (Å²) in [4.78, 5) is 11.3. The van der Waals surface area contributed by atoms with E-state index >= 15 is 0 Å². The van der Waals surface area contributed by atoms with Gasteiger partial charge >= 0.3 is 5.97 Å². The van der Waals surface area contributed by atoms with Crippen molar-refractivity contribution in [1.82, 2.24) is 0 Å². The number of halogens is 1. The zero-order valence-corrected chi connectivity index (χ0v) is 10.7. The maximum atomic E-state index is 11.3. The van der Waals surface area contributed by atoms with Crippen molar-refractivity contribution in [3.8, 4) is 11.1 Å². The molecule has 0 heterocycles. The van der Waals surface area contributed by atoms with Crippen LogP contribution in [0.3, 0.4) is 0 Å². The lowest BCUT2D eigenvalue weighted by Crippen LogP contribution is -2.00. The third-order valence-corrected chi connectivity index (χ3v) is 3.13. The number of aromatic carboxylic acids is 1. The third kappa shape index (κ3) is 2.54. The molecule has 0 fully saturated rings. The first-order valence-corrected chi connectivity index (χ1v) is 6.11. The zero-order chi connectivity index (χ0) is 13.1. The van der Waals surface area contributed by atoms with E-state index in [2.05, 4.69) is 0 Å². The highest BCUT2D eigenvalue weighted by molar-refractivity contribution is 6.30. The van der Waals surface area contributed by atoms with E-state index in [9.17, 15) is 9.90 Å². The number of rotatable bonds is 3. The van der Waals surface area contributed by atoms with E-state index in [1.807, 2.05) is 31.2 Å². The molecule has 0 atom stereocenters. The first kappa shape index (κ1) is 12.7. The first-order valence-electron chi connectivity index (χ1n) is 5.74. The minimum Gasteiger partial charge on any atom is -0.478 e. The van der Waals surface area contributed by atoms with Gasteiger partial charge in [0.25, 0.3) is 0 Å². The Morgan fingerprint density at radius 2 is 1.83 bits per heavy atom. The average Bonchev–Trinajstić information content (AvgIpc) is 2.39. The van der Waals surface area contributed by atoms with Gasteiger partial charge in [0.05, 0.1) is 5.56 Å². The molecule has 2 aromatic carbocycles. The number of carboxylic acid groups (broad SMARTS) is 1. The molecule has 0 aliphatic carbocycles. The Morgan fingerprint density at radius 3 is 2.39 bits per heavy atom. The molecule has 0 saturated heterocycles. The second-order valence-corrected chi connectivity index (χ2v) is 4.48. The van der Waals surface area contributed by atoms with Gasteiger partial charge in [-0.05, 0) is 41.3 Å². The van der Waals surface area contributed by atoms with E-state index in [4.69, 9.17) is 11.6 Å². The highest BCUT2D eigenvalue weighted by Gasteiger charge is 2.12. The van der Waals surface area contributed by atoms with Crippen LogP contribution in [-0.4, -0.2) is 11.1 Å². The number of carbonyl (C=O) groups is 1. The van der Waals surface area contributed by atoms with E-state index in [-0.39, 0.29) is 0 Å². The minimum absolute atomic E-state index is 0.330. The van der Waals surface area contributed by atoms with Crippen LogP contribution in [0.25, 0.3) is 11.1 Å². The van der Waals surface area contributed by atoms with Crippen molar-refractivity contribution in [2.75, 3.05) is 0 Å². The molecular weight excluding hydrogens is 248 g/mol. The summed E-state index contributed by atoms with van der Waals surface area (Å²) < 4.78 is 0. The van der Waals surface area contributed by atoms with E-state index in [0.717, 1.165) is 23.1 Å². The maximum Gasteiger partial charge on any atom is 0.336 e. The van der Waals surface area contributed by atoms with Crippen LogP contribution < -0.4 is 0 Å². The quantitative estimate of drug-likeness (QED) is 0.895. The minimum atomic E-state index is -0.907. The Bertz CT molecular complexity index is 574. The largest absolute Gasteiger partial charge is 0.478 e. The highest BCUT2D eigenvalue weighted by Crippen LogP contribution is 2.26. The molecule has 2 rings (SSSR count). The average molecular weight is 261 g/mol. The fraction of sp³-hybridized carbons (Fsp3) is 0.133. The smallest absolute Gasteiger partial charge is 0.336 e. The Hall–Kier alpha value is -1.80. The molecule has 92 valence electrons. The molecule has 18 heavy (non-hydrogen) atoms. The SMILES string of the molecule is CCc1ccc(-c2ccc(Cl)cc2)c(C(=O)O)c1. The van der Waals surface area contributed by atoms with Crippen LogP contribution in [0.2, 0.25) is 5.02 Å². The third-order valence-electron chi connectivity index (χ3n) is 2.88. The lowest BCUT2D eigenvalue weighted by atomic mass is 9.97. The predicted molar refractivity (Wildman–Crippen MR) is 73.2 cm³/mol. The molecule has 0 aliphatic heterocycles. The van der Waals surface area contributed by atoms with Crippen molar-refractivity contribution in [2.24, 2.45) is 0 Å². The Morgan fingerprint density at radius 1 is 1.17 bits per heavy atom. The van der Waals surface area contributed by atoms with Gasteiger partial charge in [-0.25, -0.2) is 4.79 Å². The standard InChI is InChI=1S/C15H13ClO2/c1-2-10-3-8-13(14(9-10)15(17)18)11-4-6-12(16)7-5-11/h3-9H,2H2,1H3,(H,17,18). The molecule has 0 radical (unpaired) electrons. The summed E-state index contributed by atoms with van der Waals surface area (Å²) in [6.45, 7) is 2.00. The number of benzene rings is 2. The molecule has 0 bridgehead atoms. The van der Waals surface area contributed by atoms with Crippen LogP contribution in [0.5, 0.6) is 0 Å². The molecule has 0 saturated carbocycles. The number of aryl methyl sites for hydroxylation is 1. The van der Waals surface area contributed by atoms with E-state index in [1.165, 1.54) is 0 Å². The summed E-state index contributed by atoms with van der Waals surface area (Å²) in [5.74, 6) is -0.907. The normalized spacial score (nSPS) is 10.3. The first-order chi connectivity index (χ1) is 8.61. The topological polar surface area (TPSA) is 37.3 Å². The van der Waals surface area contributed by atoms with Crippen molar-refractivity contribution >= 4 is 17.6 Å². The van der Waals surface area contributed by atoms with Crippen LogP contribution in [0.15, 0.2) is 42.5 Å². The van der Waals surface area contributed by atoms with Crippen molar-refractivity contribution in [3.05, 3.63) is 58.6 Å².